The maximum Gasteiger partial charge on any atom is 0.304 e. The molecule has 1 heterocycles. The normalized spacial score (nSPS) is 15.0. The third-order valence-corrected chi connectivity index (χ3v) is 6.54. The topological polar surface area (TPSA) is 88.1 Å². The van der Waals surface area contributed by atoms with E-state index in [2.05, 4.69) is 24.1 Å². The Morgan fingerprint density at radius 3 is 2.44 bits per heavy atom. The molecule has 0 spiro atoms. The van der Waals surface area contributed by atoms with Crippen molar-refractivity contribution in [1.29, 1.82) is 0 Å². The van der Waals surface area contributed by atoms with Gasteiger partial charge in [-0.05, 0) is 48.9 Å². The SMILES string of the molecule is COCC(CC(=O)O)c1ccc(N(CC(C)C)C2CCOCC2)c(NC(=O)Cc2ccc(C)cc2)c1. The first-order chi connectivity index (χ1) is 17.3. The van der Waals surface area contributed by atoms with Gasteiger partial charge in [-0.15, -0.1) is 0 Å². The molecule has 1 unspecified atom stereocenters. The maximum atomic E-state index is 13.2. The van der Waals surface area contributed by atoms with Crippen LogP contribution < -0.4 is 10.2 Å². The predicted molar refractivity (Wildman–Crippen MR) is 143 cm³/mol. The molecule has 196 valence electrons. The van der Waals surface area contributed by atoms with Gasteiger partial charge in [0.2, 0.25) is 5.91 Å². The van der Waals surface area contributed by atoms with Crippen LogP contribution in [-0.2, 0) is 25.5 Å². The molecule has 7 nitrogen and oxygen atoms in total. The second kappa shape index (κ2) is 13.4. The Morgan fingerprint density at radius 1 is 1.14 bits per heavy atom. The Hall–Kier alpha value is -2.90. The summed E-state index contributed by atoms with van der Waals surface area (Å²) in [6.45, 7) is 8.99. The van der Waals surface area contributed by atoms with Crippen molar-refractivity contribution < 1.29 is 24.2 Å². The number of ether oxygens (including phenoxy) is 2. The van der Waals surface area contributed by atoms with Crippen molar-refractivity contribution in [2.24, 2.45) is 5.92 Å². The van der Waals surface area contributed by atoms with Crippen LogP contribution >= 0.6 is 0 Å². The van der Waals surface area contributed by atoms with Crippen LogP contribution in [-0.4, -0.2) is 56.5 Å². The van der Waals surface area contributed by atoms with Crippen molar-refractivity contribution in [2.75, 3.05) is 43.7 Å². The molecule has 1 fully saturated rings. The summed E-state index contributed by atoms with van der Waals surface area (Å²) in [5.74, 6) is -0.863. The second-order valence-electron chi connectivity index (χ2n) is 10.1. The van der Waals surface area contributed by atoms with Crippen molar-refractivity contribution in [2.45, 2.75) is 58.4 Å². The van der Waals surface area contributed by atoms with Gasteiger partial charge in [-0.3, -0.25) is 9.59 Å². The first-order valence-corrected chi connectivity index (χ1v) is 12.8. The molecule has 3 rings (SSSR count). The average Bonchev–Trinajstić information content (AvgIpc) is 2.84. The van der Waals surface area contributed by atoms with Crippen LogP contribution in [0, 0.1) is 12.8 Å². The van der Waals surface area contributed by atoms with Gasteiger partial charge in [0.25, 0.3) is 0 Å². The van der Waals surface area contributed by atoms with Crippen molar-refractivity contribution >= 4 is 23.3 Å². The molecule has 1 atom stereocenters. The fraction of sp³-hybridized carbons (Fsp3) is 0.517. The molecule has 0 aromatic heterocycles. The van der Waals surface area contributed by atoms with E-state index in [1.807, 2.05) is 49.4 Å². The Kier molecular flexibility index (Phi) is 10.3. The van der Waals surface area contributed by atoms with E-state index >= 15 is 0 Å². The monoisotopic (exact) mass is 496 g/mol. The van der Waals surface area contributed by atoms with Gasteiger partial charge in [0, 0.05) is 38.8 Å². The van der Waals surface area contributed by atoms with Crippen molar-refractivity contribution in [1.82, 2.24) is 0 Å². The maximum absolute atomic E-state index is 13.2. The number of benzene rings is 2. The van der Waals surface area contributed by atoms with Crippen molar-refractivity contribution in [3.05, 3.63) is 59.2 Å². The van der Waals surface area contributed by atoms with Crippen LogP contribution in [0.1, 0.15) is 55.7 Å². The van der Waals surface area contributed by atoms with E-state index in [0.29, 0.717) is 17.6 Å². The summed E-state index contributed by atoms with van der Waals surface area (Å²) in [5.41, 5.74) is 4.61. The summed E-state index contributed by atoms with van der Waals surface area (Å²) in [7, 11) is 1.57. The summed E-state index contributed by atoms with van der Waals surface area (Å²) < 4.78 is 10.9. The van der Waals surface area contributed by atoms with Gasteiger partial charge >= 0.3 is 5.97 Å². The Bertz CT molecular complexity index is 999. The van der Waals surface area contributed by atoms with Crippen molar-refractivity contribution in [3.8, 4) is 0 Å². The number of rotatable bonds is 12. The number of anilines is 2. The van der Waals surface area contributed by atoms with Gasteiger partial charge in [-0.2, -0.15) is 0 Å². The van der Waals surface area contributed by atoms with Crippen LogP contribution in [0.3, 0.4) is 0 Å². The zero-order valence-electron chi connectivity index (χ0n) is 22.0. The summed E-state index contributed by atoms with van der Waals surface area (Å²) in [6.07, 6.45) is 2.08. The molecule has 0 saturated carbocycles. The number of nitrogens with one attached hydrogen (secondary N) is 1. The molecular weight excluding hydrogens is 456 g/mol. The van der Waals surface area contributed by atoms with Crippen LogP contribution in [0.25, 0.3) is 0 Å². The van der Waals surface area contributed by atoms with Gasteiger partial charge in [0.15, 0.2) is 0 Å². The fourth-order valence-corrected chi connectivity index (χ4v) is 4.76. The molecule has 2 aromatic rings. The molecule has 1 aliphatic heterocycles. The van der Waals surface area contributed by atoms with Crippen LogP contribution in [0.15, 0.2) is 42.5 Å². The number of aryl methyl sites for hydroxylation is 1. The number of aliphatic carboxylic acids is 1. The smallest absolute Gasteiger partial charge is 0.304 e. The fourth-order valence-electron chi connectivity index (χ4n) is 4.76. The number of carbonyl (C=O) groups excluding carboxylic acids is 1. The standard InChI is InChI=1S/C29H40N2O5/c1-20(2)18-31(25-11-13-36-14-12-25)27-10-9-23(24(19-35-4)17-29(33)34)16-26(27)30-28(32)15-22-7-5-21(3)6-8-22/h5-10,16,20,24-25H,11-15,17-19H2,1-4H3,(H,30,32)(H,33,34). The molecule has 0 bridgehead atoms. The summed E-state index contributed by atoms with van der Waals surface area (Å²) in [6, 6.07) is 14.2. The molecule has 7 heteroatoms. The lowest BCUT2D eigenvalue weighted by atomic mass is 9.94. The molecular formula is C29H40N2O5. The largest absolute Gasteiger partial charge is 0.481 e. The zero-order valence-corrected chi connectivity index (χ0v) is 22.0. The Balaban J connectivity index is 1.97. The number of hydrogen-bond donors (Lipinski definition) is 2. The molecule has 36 heavy (non-hydrogen) atoms. The highest BCUT2D eigenvalue weighted by molar-refractivity contribution is 5.96. The summed E-state index contributed by atoms with van der Waals surface area (Å²) >= 11 is 0. The molecule has 2 N–H and O–H groups in total. The zero-order chi connectivity index (χ0) is 26.1. The van der Waals surface area contributed by atoms with E-state index in [4.69, 9.17) is 9.47 Å². The molecule has 1 amide bonds. The summed E-state index contributed by atoms with van der Waals surface area (Å²) in [5, 5.41) is 12.6. The van der Waals surface area contributed by atoms with E-state index < -0.39 is 5.97 Å². The number of nitrogens with zero attached hydrogens (tertiary/aromatic N) is 1. The quantitative estimate of drug-likeness (QED) is 0.429. The van der Waals surface area contributed by atoms with Crippen LogP contribution in [0.5, 0.6) is 0 Å². The molecule has 0 radical (unpaired) electrons. The Labute approximate surface area is 214 Å². The van der Waals surface area contributed by atoms with Crippen molar-refractivity contribution in [3.63, 3.8) is 0 Å². The predicted octanol–water partition coefficient (Wildman–Crippen LogP) is 5.02. The first-order valence-electron chi connectivity index (χ1n) is 12.8. The van der Waals surface area contributed by atoms with Gasteiger partial charge in [0.05, 0.1) is 30.8 Å². The highest BCUT2D eigenvalue weighted by Crippen LogP contribution is 2.35. The lowest BCUT2D eigenvalue weighted by molar-refractivity contribution is -0.137. The third-order valence-electron chi connectivity index (χ3n) is 6.54. The number of hydrogen-bond acceptors (Lipinski definition) is 5. The number of carbonyl (C=O) groups is 2. The van der Waals surface area contributed by atoms with E-state index in [-0.39, 0.29) is 31.3 Å². The van der Waals surface area contributed by atoms with E-state index in [1.54, 1.807) is 7.11 Å². The lowest BCUT2D eigenvalue weighted by Gasteiger charge is -2.38. The van der Waals surface area contributed by atoms with E-state index in [9.17, 15) is 14.7 Å². The van der Waals surface area contributed by atoms with E-state index in [0.717, 1.165) is 55.0 Å². The minimum Gasteiger partial charge on any atom is -0.481 e. The number of carboxylic acid groups (broad SMARTS) is 1. The first kappa shape index (κ1) is 27.7. The number of carboxylic acids is 1. The van der Waals surface area contributed by atoms with Gasteiger partial charge in [0.1, 0.15) is 0 Å². The molecule has 1 aliphatic rings. The highest BCUT2D eigenvalue weighted by Gasteiger charge is 2.26. The van der Waals surface area contributed by atoms with Gasteiger partial charge in [-0.1, -0.05) is 49.7 Å². The number of methoxy groups -OCH3 is 1. The van der Waals surface area contributed by atoms with Crippen LogP contribution in [0.2, 0.25) is 0 Å². The number of amides is 1. The van der Waals surface area contributed by atoms with Gasteiger partial charge in [-0.25, -0.2) is 0 Å². The third kappa shape index (κ3) is 8.07. The molecule has 2 aromatic carbocycles. The highest BCUT2D eigenvalue weighted by atomic mass is 16.5. The summed E-state index contributed by atoms with van der Waals surface area (Å²) in [4.78, 5) is 27.1. The molecule has 1 saturated heterocycles. The average molecular weight is 497 g/mol. The molecule has 0 aliphatic carbocycles. The van der Waals surface area contributed by atoms with Crippen LogP contribution in [0.4, 0.5) is 11.4 Å². The van der Waals surface area contributed by atoms with Gasteiger partial charge < -0.3 is 24.8 Å². The lowest BCUT2D eigenvalue weighted by Crippen LogP contribution is -2.42. The minimum atomic E-state index is -0.880. The Morgan fingerprint density at radius 2 is 1.83 bits per heavy atom. The van der Waals surface area contributed by atoms with E-state index in [1.165, 1.54) is 0 Å². The second-order valence-corrected chi connectivity index (χ2v) is 10.1. The minimum absolute atomic E-state index is 0.0421.